The van der Waals surface area contributed by atoms with Crippen LogP contribution < -0.4 is 20.7 Å². The lowest BCUT2D eigenvalue weighted by Crippen LogP contribution is -2.45. The van der Waals surface area contributed by atoms with Crippen LogP contribution in [0.15, 0.2) is 128 Å². The van der Waals surface area contributed by atoms with Gasteiger partial charge in [-0.25, -0.2) is 0 Å². The van der Waals surface area contributed by atoms with Gasteiger partial charge >= 0.3 is 0 Å². The minimum atomic E-state index is -3.19. The van der Waals surface area contributed by atoms with E-state index in [1.807, 2.05) is 91.1 Å². The van der Waals surface area contributed by atoms with Gasteiger partial charge in [-0.2, -0.15) is 0 Å². The summed E-state index contributed by atoms with van der Waals surface area (Å²) in [7, 11) is -1.49. The lowest BCUT2D eigenvalue weighted by Gasteiger charge is -2.44. The van der Waals surface area contributed by atoms with Crippen molar-refractivity contribution in [2.75, 3.05) is 7.11 Å². The number of rotatable bonds is 8. The van der Waals surface area contributed by atoms with E-state index in [9.17, 15) is 0 Å². The minimum absolute atomic E-state index is 0.0445. The molecule has 0 aromatic heterocycles. The van der Waals surface area contributed by atoms with E-state index < -0.39 is 7.29 Å². The average molecular weight is 495 g/mol. The third-order valence-electron chi connectivity index (χ3n) is 6.74. The Morgan fingerprint density at radius 2 is 1.36 bits per heavy atom. The molecule has 1 N–H and O–H groups in total. The maximum Gasteiger partial charge on any atom is 0.229 e. The van der Waals surface area contributed by atoms with Crippen molar-refractivity contribution in [3.8, 4) is 5.75 Å². The summed E-state index contributed by atoms with van der Waals surface area (Å²) in [6, 6.07) is 38.1. The first kappa shape index (κ1) is 24.1. The summed E-state index contributed by atoms with van der Waals surface area (Å²) in [5.41, 5.74) is 2.23. The van der Waals surface area contributed by atoms with Gasteiger partial charge in [-0.05, 0) is 42.3 Å². The fourth-order valence-electron chi connectivity index (χ4n) is 4.99. The Kier molecular flexibility index (Phi) is 7.36. The summed E-state index contributed by atoms with van der Waals surface area (Å²) >= 11 is 0. The van der Waals surface area contributed by atoms with Crippen molar-refractivity contribution in [1.29, 1.82) is 0 Å². The van der Waals surface area contributed by atoms with E-state index in [4.69, 9.17) is 4.74 Å². The van der Waals surface area contributed by atoms with Crippen LogP contribution in [0, 0.1) is 0 Å². The number of ether oxygens (including phenoxy) is 1. The molecule has 0 unspecified atom stereocenters. The van der Waals surface area contributed by atoms with Gasteiger partial charge in [-0.1, -0.05) is 91.0 Å². The van der Waals surface area contributed by atoms with Gasteiger partial charge in [0.05, 0.1) is 13.2 Å². The lowest BCUT2D eigenvalue weighted by atomic mass is 9.94. The van der Waals surface area contributed by atoms with Crippen LogP contribution in [0.1, 0.15) is 23.6 Å². The fraction of sp³-hybridized carbons (Fsp3) is 0.161. The zero-order chi connectivity index (χ0) is 24.8. The molecule has 0 saturated heterocycles. The Labute approximate surface area is 213 Å². The van der Waals surface area contributed by atoms with Crippen LogP contribution in [-0.2, 0) is 11.1 Å². The van der Waals surface area contributed by atoms with E-state index in [2.05, 4.69) is 46.4 Å². The second kappa shape index (κ2) is 11.0. The largest absolute Gasteiger partial charge is 0.496 e. The summed E-state index contributed by atoms with van der Waals surface area (Å²) < 4.78 is 23.0. The summed E-state index contributed by atoms with van der Waals surface area (Å²) in [5, 5.41) is 5.42. The van der Waals surface area contributed by atoms with E-state index in [1.165, 1.54) is 0 Å². The molecule has 0 aliphatic carbocycles. The van der Waals surface area contributed by atoms with Crippen LogP contribution in [0.25, 0.3) is 0 Å². The Balaban J connectivity index is 1.59. The molecule has 0 amide bonds. The van der Waals surface area contributed by atoms with E-state index in [-0.39, 0.29) is 12.1 Å². The van der Waals surface area contributed by atoms with E-state index in [0.717, 1.165) is 33.9 Å². The average Bonchev–Trinajstić information content (AvgIpc) is 2.97. The normalized spacial score (nSPS) is 17.6. The molecule has 1 heterocycles. The molecular formula is C31H31N2O2P. The van der Waals surface area contributed by atoms with Gasteiger partial charge in [0.25, 0.3) is 0 Å². The first-order valence-electron chi connectivity index (χ1n) is 12.3. The molecule has 0 bridgehead atoms. The number of hydrogen-bond donors (Lipinski definition) is 1. The van der Waals surface area contributed by atoms with Crippen molar-refractivity contribution in [3.63, 3.8) is 0 Å². The molecule has 1 aliphatic rings. The molecule has 0 saturated carbocycles. The predicted octanol–water partition coefficient (Wildman–Crippen LogP) is 6.04. The number of methoxy groups -OCH3 is 1. The maximum absolute atomic E-state index is 15.3. The Bertz CT molecular complexity index is 1300. The number of para-hydroxylation sites is 1. The molecule has 36 heavy (non-hydrogen) atoms. The monoisotopic (exact) mass is 494 g/mol. The first-order chi connectivity index (χ1) is 17.7. The molecule has 2 atom stereocenters. The van der Waals surface area contributed by atoms with Gasteiger partial charge in [-0.3, -0.25) is 4.57 Å². The SMILES string of the molecule is COc1ccccc1CN[C@H]1CC=CN(P(=O)(c2ccccc2)c2ccccc2)[C@H]1c1ccccc1. The molecule has 1 aliphatic heterocycles. The minimum Gasteiger partial charge on any atom is -0.496 e. The summed E-state index contributed by atoms with van der Waals surface area (Å²) in [6.45, 7) is 0.653. The van der Waals surface area contributed by atoms with Gasteiger partial charge < -0.3 is 14.7 Å². The Hall–Kier alpha value is -3.59. The van der Waals surface area contributed by atoms with E-state index in [1.54, 1.807) is 7.11 Å². The second-order valence-corrected chi connectivity index (χ2v) is 11.5. The van der Waals surface area contributed by atoms with Crippen LogP contribution in [0.3, 0.4) is 0 Å². The molecule has 0 spiro atoms. The summed E-state index contributed by atoms with van der Waals surface area (Å²) in [4.78, 5) is 0. The summed E-state index contributed by atoms with van der Waals surface area (Å²) in [6.07, 6.45) is 5.01. The van der Waals surface area contributed by atoms with Crippen molar-refractivity contribution in [3.05, 3.63) is 139 Å². The molecule has 0 radical (unpaired) electrons. The van der Waals surface area contributed by atoms with Gasteiger partial charge in [0.15, 0.2) is 0 Å². The van der Waals surface area contributed by atoms with Gasteiger partial charge in [0, 0.05) is 35.0 Å². The molecule has 4 nitrogen and oxygen atoms in total. The molecule has 4 aromatic rings. The van der Waals surface area contributed by atoms with Crippen molar-refractivity contribution >= 4 is 17.9 Å². The van der Waals surface area contributed by atoms with Crippen LogP contribution in [-0.4, -0.2) is 17.8 Å². The zero-order valence-electron chi connectivity index (χ0n) is 20.4. The van der Waals surface area contributed by atoms with E-state index >= 15 is 4.57 Å². The topological polar surface area (TPSA) is 41.6 Å². The van der Waals surface area contributed by atoms with Crippen molar-refractivity contribution in [2.24, 2.45) is 0 Å². The first-order valence-corrected chi connectivity index (χ1v) is 13.9. The predicted molar refractivity (Wildman–Crippen MR) is 148 cm³/mol. The number of nitrogens with zero attached hydrogens (tertiary/aromatic N) is 1. The van der Waals surface area contributed by atoms with Gasteiger partial charge in [0.1, 0.15) is 5.75 Å². The molecule has 182 valence electrons. The second-order valence-electron chi connectivity index (χ2n) is 8.90. The van der Waals surface area contributed by atoms with Gasteiger partial charge in [-0.15, -0.1) is 0 Å². The number of benzene rings is 4. The third-order valence-corrected chi connectivity index (χ3v) is 9.77. The zero-order valence-corrected chi connectivity index (χ0v) is 21.3. The molecule has 4 aromatic carbocycles. The molecule has 5 heteroatoms. The van der Waals surface area contributed by atoms with Crippen molar-refractivity contribution in [2.45, 2.75) is 25.0 Å². The standard InChI is InChI=1S/C31H31N2O2P/c1-35-30-22-12-11-16-26(30)24-32-29-21-13-23-33(31(29)25-14-5-2-6-15-25)36(34,27-17-7-3-8-18-27)28-19-9-4-10-20-28/h2-20,22-23,29,31-32H,21,24H2,1H3/t29-,31-/m0/s1. The smallest absolute Gasteiger partial charge is 0.229 e. The highest BCUT2D eigenvalue weighted by Crippen LogP contribution is 2.54. The maximum atomic E-state index is 15.3. The van der Waals surface area contributed by atoms with E-state index in [0.29, 0.717) is 6.54 Å². The highest BCUT2D eigenvalue weighted by molar-refractivity contribution is 7.76. The molecular weight excluding hydrogens is 463 g/mol. The fourth-order valence-corrected chi connectivity index (χ4v) is 7.90. The van der Waals surface area contributed by atoms with Crippen molar-refractivity contribution in [1.82, 2.24) is 9.99 Å². The number of hydrogen-bond acceptors (Lipinski definition) is 3. The van der Waals surface area contributed by atoms with Gasteiger partial charge in [0.2, 0.25) is 7.29 Å². The van der Waals surface area contributed by atoms with Crippen LogP contribution in [0.5, 0.6) is 5.75 Å². The molecule has 0 fully saturated rings. The highest BCUT2D eigenvalue weighted by Gasteiger charge is 2.42. The number of nitrogens with one attached hydrogen (secondary N) is 1. The van der Waals surface area contributed by atoms with Crippen molar-refractivity contribution < 1.29 is 9.30 Å². The van der Waals surface area contributed by atoms with Crippen LogP contribution >= 0.6 is 7.29 Å². The van der Waals surface area contributed by atoms with Crippen LogP contribution in [0.4, 0.5) is 0 Å². The lowest BCUT2D eigenvalue weighted by molar-refractivity contribution is 0.292. The quantitative estimate of drug-likeness (QED) is 0.303. The summed E-state index contributed by atoms with van der Waals surface area (Å²) in [5.74, 6) is 0.865. The third kappa shape index (κ3) is 4.75. The Morgan fingerprint density at radius 3 is 1.97 bits per heavy atom. The highest BCUT2D eigenvalue weighted by atomic mass is 31.2. The molecule has 5 rings (SSSR count). The van der Waals surface area contributed by atoms with Crippen LogP contribution in [0.2, 0.25) is 0 Å². The Morgan fingerprint density at radius 1 is 0.806 bits per heavy atom.